The van der Waals surface area contributed by atoms with E-state index in [1.165, 1.54) is 12.1 Å². The molecule has 0 amide bonds. The number of ether oxygens (including phenoxy) is 1. The van der Waals surface area contributed by atoms with Crippen LogP contribution in [0.5, 0.6) is 17.2 Å². The van der Waals surface area contributed by atoms with Crippen LogP contribution in [0.25, 0.3) is 11.1 Å². The highest BCUT2D eigenvalue weighted by atomic mass is 16.5. The molecule has 0 aliphatic carbocycles. The molecule has 0 fully saturated rings. The minimum absolute atomic E-state index is 0.110. The summed E-state index contributed by atoms with van der Waals surface area (Å²) in [4.78, 5) is 0. The van der Waals surface area contributed by atoms with Crippen LogP contribution in [-0.2, 0) is 0 Å². The Balaban J connectivity index is 2.20. The lowest BCUT2D eigenvalue weighted by Crippen LogP contribution is -1.94. The number of hydrogen-bond acceptors (Lipinski definition) is 3. The van der Waals surface area contributed by atoms with Crippen LogP contribution in [0.3, 0.4) is 0 Å². The highest BCUT2D eigenvalue weighted by molar-refractivity contribution is 5.67. The van der Waals surface area contributed by atoms with Crippen LogP contribution in [-0.4, -0.2) is 16.8 Å². The van der Waals surface area contributed by atoms with E-state index in [2.05, 4.69) is 6.92 Å². The molecular weight excluding hydrogens is 228 g/mol. The van der Waals surface area contributed by atoms with Crippen LogP contribution in [0.15, 0.2) is 42.5 Å². The van der Waals surface area contributed by atoms with Crippen LogP contribution in [0, 0.1) is 0 Å². The third-order valence-corrected chi connectivity index (χ3v) is 2.64. The summed E-state index contributed by atoms with van der Waals surface area (Å²) in [5, 5.41) is 18.7. The van der Waals surface area contributed by atoms with Gasteiger partial charge in [0.25, 0.3) is 0 Å². The van der Waals surface area contributed by atoms with Gasteiger partial charge in [-0.3, -0.25) is 0 Å². The maximum Gasteiger partial charge on any atom is 0.158 e. The SMILES string of the molecule is CCCOc1ccc(-c2ccc(O)c(O)c2)cc1. The maximum atomic E-state index is 9.46. The van der Waals surface area contributed by atoms with Gasteiger partial charge in [0.1, 0.15) is 5.75 Å². The molecule has 2 aromatic carbocycles. The molecule has 0 bridgehead atoms. The number of benzene rings is 2. The highest BCUT2D eigenvalue weighted by Crippen LogP contribution is 2.31. The smallest absolute Gasteiger partial charge is 0.158 e. The first-order valence-electron chi connectivity index (χ1n) is 5.96. The molecule has 2 aromatic rings. The van der Waals surface area contributed by atoms with Crippen LogP contribution in [0.2, 0.25) is 0 Å². The molecule has 18 heavy (non-hydrogen) atoms. The van der Waals surface area contributed by atoms with E-state index in [4.69, 9.17) is 4.74 Å². The minimum atomic E-state index is -0.112. The molecule has 3 nitrogen and oxygen atoms in total. The van der Waals surface area contributed by atoms with Gasteiger partial charge in [-0.05, 0) is 41.8 Å². The topological polar surface area (TPSA) is 49.7 Å². The van der Waals surface area contributed by atoms with E-state index in [0.717, 1.165) is 23.3 Å². The number of aromatic hydroxyl groups is 2. The molecule has 0 unspecified atom stereocenters. The van der Waals surface area contributed by atoms with Gasteiger partial charge >= 0.3 is 0 Å². The molecular formula is C15H16O3. The van der Waals surface area contributed by atoms with Gasteiger partial charge in [0.2, 0.25) is 0 Å². The summed E-state index contributed by atoms with van der Waals surface area (Å²) in [5.41, 5.74) is 1.82. The number of hydrogen-bond donors (Lipinski definition) is 2. The Morgan fingerprint density at radius 3 is 2.17 bits per heavy atom. The molecule has 0 spiro atoms. The molecule has 0 radical (unpaired) electrons. The standard InChI is InChI=1S/C15H16O3/c1-2-9-18-13-6-3-11(4-7-13)12-5-8-14(16)15(17)10-12/h3-8,10,16-17H,2,9H2,1H3. The van der Waals surface area contributed by atoms with Crippen molar-refractivity contribution >= 4 is 0 Å². The normalized spacial score (nSPS) is 10.3. The van der Waals surface area contributed by atoms with Crippen LogP contribution < -0.4 is 4.74 Å². The van der Waals surface area contributed by atoms with Crippen molar-refractivity contribution in [2.75, 3.05) is 6.61 Å². The first kappa shape index (κ1) is 12.3. The quantitative estimate of drug-likeness (QED) is 0.808. The molecule has 0 aromatic heterocycles. The molecule has 0 saturated heterocycles. The summed E-state index contributed by atoms with van der Waals surface area (Å²) in [7, 11) is 0. The second-order valence-electron chi connectivity index (χ2n) is 4.08. The molecule has 0 saturated carbocycles. The van der Waals surface area contributed by atoms with E-state index >= 15 is 0 Å². The van der Waals surface area contributed by atoms with Gasteiger partial charge in [0, 0.05) is 0 Å². The Morgan fingerprint density at radius 1 is 0.889 bits per heavy atom. The second kappa shape index (κ2) is 5.45. The zero-order chi connectivity index (χ0) is 13.0. The number of rotatable bonds is 4. The van der Waals surface area contributed by atoms with Crippen molar-refractivity contribution in [1.82, 2.24) is 0 Å². The number of phenols is 2. The Bertz CT molecular complexity index is 518. The zero-order valence-corrected chi connectivity index (χ0v) is 10.3. The maximum absolute atomic E-state index is 9.46. The van der Waals surface area contributed by atoms with Gasteiger partial charge in [-0.2, -0.15) is 0 Å². The van der Waals surface area contributed by atoms with Crippen LogP contribution >= 0.6 is 0 Å². The molecule has 2 N–H and O–H groups in total. The molecule has 94 valence electrons. The van der Waals surface area contributed by atoms with Gasteiger partial charge < -0.3 is 14.9 Å². The van der Waals surface area contributed by atoms with Crippen LogP contribution in [0.1, 0.15) is 13.3 Å². The summed E-state index contributed by atoms with van der Waals surface area (Å²) in [6.45, 7) is 2.77. The molecule has 2 rings (SSSR count). The molecule has 0 atom stereocenters. The first-order valence-corrected chi connectivity index (χ1v) is 5.96. The average Bonchev–Trinajstić information content (AvgIpc) is 2.40. The Morgan fingerprint density at radius 2 is 1.56 bits per heavy atom. The van der Waals surface area contributed by atoms with Gasteiger partial charge in [-0.25, -0.2) is 0 Å². The summed E-state index contributed by atoms with van der Waals surface area (Å²) in [6, 6.07) is 12.4. The lowest BCUT2D eigenvalue weighted by atomic mass is 10.1. The third kappa shape index (κ3) is 2.74. The highest BCUT2D eigenvalue weighted by Gasteiger charge is 2.03. The van der Waals surface area contributed by atoms with Crippen molar-refractivity contribution in [3.8, 4) is 28.4 Å². The van der Waals surface area contributed by atoms with E-state index in [9.17, 15) is 10.2 Å². The molecule has 0 aliphatic rings. The molecule has 0 heterocycles. The summed E-state index contributed by atoms with van der Waals surface area (Å²) < 4.78 is 5.50. The van der Waals surface area contributed by atoms with E-state index in [-0.39, 0.29) is 11.5 Å². The lowest BCUT2D eigenvalue weighted by molar-refractivity contribution is 0.317. The van der Waals surface area contributed by atoms with E-state index < -0.39 is 0 Å². The minimum Gasteiger partial charge on any atom is -0.504 e. The Hall–Kier alpha value is -2.16. The Labute approximate surface area is 106 Å². The fourth-order valence-electron chi connectivity index (χ4n) is 1.67. The van der Waals surface area contributed by atoms with Crippen molar-refractivity contribution in [1.29, 1.82) is 0 Å². The first-order chi connectivity index (χ1) is 8.70. The molecule has 0 aliphatic heterocycles. The van der Waals surface area contributed by atoms with Crippen molar-refractivity contribution in [2.24, 2.45) is 0 Å². The second-order valence-corrected chi connectivity index (χ2v) is 4.08. The zero-order valence-electron chi connectivity index (χ0n) is 10.3. The lowest BCUT2D eigenvalue weighted by Gasteiger charge is -2.07. The predicted molar refractivity (Wildman–Crippen MR) is 71.0 cm³/mol. The number of phenolic OH excluding ortho intramolecular Hbond substituents is 2. The van der Waals surface area contributed by atoms with Gasteiger partial charge in [0.15, 0.2) is 11.5 Å². The molecule has 3 heteroatoms. The summed E-state index contributed by atoms with van der Waals surface area (Å²) in [6.07, 6.45) is 0.980. The van der Waals surface area contributed by atoms with E-state index in [1.807, 2.05) is 24.3 Å². The monoisotopic (exact) mass is 244 g/mol. The largest absolute Gasteiger partial charge is 0.504 e. The van der Waals surface area contributed by atoms with Gasteiger partial charge in [0.05, 0.1) is 6.61 Å². The van der Waals surface area contributed by atoms with Gasteiger partial charge in [-0.15, -0.1) is 0 Å². The van der Waals surface area contributed by atoms with Crippen LogP contribution in [0.4, 0.5) is 0 Å². The third-order valence-electron chi connectivity index (χ3n) is 2.64. The predicted octanol–water partition coefficient (Wildman–Crippen LogP) is 3.55. The Kier molecular flexibility index (Phi) is 3.72. The van der Waals surface area contributed by atoms with Gasteiger partial charge in [-0.1, -0.05) is 25.1 Å². The fraction of sp³-hybridized carbons (Fsp3) is 0.200. The van der Waals surface area contributed by atoms with E-state index in [0.29, 0.717) is 6.61 Å². The summed E-state index contributed by atoms with van der Waals surface area (Å²) in [5.74, 6) is 0.615. The average molecular weight is 244 g/mol. The van der Waals surface area contributed by atoms with E-state index in [1.54, 1.807) is 6.07 Å². The fourth-order valence-corrected chi connectivity index (χ4v) is 1.67. The van der Waals surface area contributed by atoms with Crippen molar-refractivity contribution in [3.05, 3.63) is 42.5 Å². The van der Waals surface area contributed by atoms with Crippen molar-refractivity contribution in [3.63, 3.8) is 0 Å². The van der Waals surface area contributed by atoms with Crippen molar-refractivity contribution in [2.45, 2.75) is 13.3 Å². The summed E-state index contributed by atoms with van der Waals surface area (Å²) >= 11 is 0. The van der Waals surface area contributed by atoms with Crippen molar-refractivity contribution < 1.29 is 14.9 Å².